The maximum absolute atomic E-state index is 13.0. The monoisotopic (exact) mass is 448 g/mol. The number of furan rings is 1. The smallest absolute Gasteiger partial charge is 0.324 e. The van der Waals surface area contributed by atoms with E-state index in [-0.39, 0.29) is 17.4 Å². The van der Waals surface area contributed by atoms with Crippen LogP contribution in [0.25, 0.3) is 11.0 Å². The van der Waals surface area contributed by atoms with Crippen LogP contribution in [0.3, 0.4) is 0 Å². The van der Waals surface area contributed by atoms with E-state index >= 15 is 0 Å². The van der Waals surface area contributed by atoms with E-state index in [9.17, 15) is 9.59 Å². The highest BCUT2D eigenvalue weighted by Gasteiger charge is 2.55. The van der Waals surface area contributed by atoms with Crippen LogP contribution in [0.2, 0.25) is 0 Å². The number of hydrogen-bond donors (Lipinski definition) is 1. The van der Waals surface area contributed by atoms with E-state index in [0.29, 0.717) is 23.8 Å². The molecule has 8 heteroatoms. The Morgan fingerprint density at radius 3 is 2.85 bits per heavy atom. The first kappa shape index (κ1) is 21.3. The predicted molar refractivity (Wildman–Crippen MR) is 124 cm³/mol. The molecule has 5 rings (SSSR count). The summed E-state index contributed by atoms with van der Waals surface area (Å²) in [4.78, 5) is 33.1. The number of pyridine rings is 1. The summed E-state index contributed by atoms with van der Waals surface area (Å²) in [7, 11) is 3.42. The fourth-order valence-electron chi connectivity index (χ4n) is 4.92. The molecule has 172 valence electrons. The second-order valence-corrected chi connectivity index (χ2v) is 9.03. The van der Waals surface area contributed by atoms with Gasteiger partial charge in [0.25, 0.3) is 5.91 Å². The molecule has 2 aromatic heterocycles. The number of urea groups is 1. The van der Waals surface area contributed by atoms with Crippen molar-refractivity contribution in [3.05, 3.63) is 54.6 Å². The molecule has 33 heavy (non-hydrogen) atoms. The number of rotatable bonds is 5. The zero-order valence-electron chi connectivity index (χ0n) is 18.9. The molecule has 1 saturated heterocycles. The lowest BCUT2D eigenvalue weighted by atomic mass is 9.91. The molecule has 3 heterocycles. The first-order valence-electron chi connectivity index (χ1n) is 11.3. The van der Waals surface area contributed by atoms with E-state index in [0.717, 1.165) is 49.2 Å². The van der Waals surface area contributed by atoms with Gasteiger partial charge in [-0.3, -0.25) is 14.7 Å². The number of carbonyl (C=O) groups is 2. The number of anilines is 1. The third kappa shape index (κ3) is 4.13. The van der Waals surface area contributed by atoms with Crippen molar-refractivity contribution in [1.82, 2.24) is 15.2 Å². The molecule has 1 N–H and O–H groups in total. The van der Waals surface area contributed by atoms with Crippen LogP contribution in [0.1, 0.15) is 29.8 Å². The van der Waals surface area contributed by atoms with Gasteiger partial charge in [-0.15, -0.1) is 0 Å². The minimum atomic E-state index is -0.194. The summed E-state index contributed by atoms with van der Waals surface area (Å²) in [5, 5.41) is 3.89. The van der Waals surface area contributed by atoms with Crippen LogP contribution in [0, 0.1) is 11.3 Å². The topological polar surface area (TPSA) is 87.9 Å². The number of amides is 3. The molecule has 2 aliphatic rings. The van der Waals surface area contributed by atoms with Gasteiger partial charge < -0.3 is 19.4 Å². The lowest BCUT2D eigenvalue weighted by Gasteiger charge is -2.35. The van der Waals surface area contributed by atoms with Crippen molar-refractivity contribution >= 4 is 28.6 Å². The number of benzene rings is 1. The van der Waals surface area contributed by atoms with Gasteiger partial charge in [0.05, 0.1) is 13.3 Å². The zero-order valence-corrected chi connectivity index (χ0v) is 18.9. The summed E-state index contributed by atoms with van der Waals surface area (Å²) in [6, 6.07) is 11.1. The lowest BCUT2D eigenvalue weighted by Crippen LogP contribution is -2.46. The van der Waals surface area contributed by atoms with Crippen LogP contribution in [-0.4, -0.2) is 55.6 Å². The fraction of sp³-hybridized carbons (Fsp3) is 0.400. The summed E-state index contributed by atoms with van der Waals surface area (Å²) in [6.45, 7) is 2.09. The summed E-state index contributed by atoms with van der Waals surface area (Å²) in [6.07, 6.45) is 6.30. The predicted octanol–water partition coefficient (Wildman–Crippen LogP) is 3.92. The number of hydrogen-bond acceptors (Lipinski definition) is 5. The molecule has 1 unspecified atom stereocenters. The lowest BCUT2D eigenvalue weighted by molar-refractivity contribution is 0.0922. The van der Waals surface area contributed by atoms with Crippen molar-refractivity contribution in [1.29, 1.82) is 0 Å². The zero-order chi connectivity index (χ0) is 23.0. The highest BCUT2D eigenvalue weighted by Crippen LogP contribution is 2.59. The summed E-state index contributed by atoms with van der Waals surface area (Å²) in [5.74, 6) is 1.29. The summed E-state index contributed by atoms with van der Waals surface area (Å²) in [5.41, 5.74) is 1.66. The maximum atomic E-state index is 13.0. The third-order valence-corrected chi connectivity index (χ3v) is 7.17. The first-order valence-corrected chi connectivity index (χ1v) is 11.3. The van der Waals surface area contributed by atoms with E-state index in [1.807, 2.05) is 35.2 Å². The molecular formula is C25H28N4O4. The molecule has 3 aromatic rings. The number of methoxy groups -OCH3 is 1. The van der Waals surface area contributed by atoms with Crippen LogP contribution >= 0.6 is 0 Å². The highest BCUT2D eigenvalue weighted by molar-refractivity contribution is 5.96. The quantitative estimate of drug-likeness (QED) is 0.639. The number of nitrogens with one attached hydrogen (secondary N) is 1. The van der Waals surface area contributed by atoms with Crippen LogP contribution in [0.4, 0.5) is 10.5 Å². The van der Waals surface area contributed by atoms with Crippen molar-refractivity contribution in [2.24, 2.45) is 11.3 Å². The van der Waals surface area contributed by atoms with E-state index in [2.05, 4.69) is 10.3 Å². The van der Waals surface area contributed by atoms with Gasteiger partial charge in [0.2, 0.25) is 0 Å². The van der Waals surface area contributed by atoms with E-state index in [1.54, 1.807) is 37.5 Å². The van der Waals surface area contributed by atoms with Gasteiger partial charge in [0.1, 0.15) is 5.75 Å². The molecule has 1 saturated carbocycles. The van der Waals surface area contributed by atoms with E-state index in [1.165, 1.54) is 0 Å². The standard InChI is InChI=1S/C25H28N4O4/c1-28(19-4-3-5-20(13-19)32-2)24(31)29-10-7-25(8-11-29)14-18(25)15-27-23(30)21-12-17-6-9-26-16-22(17)33-21/h3-6,9,12-13,16,18H,7-8,10-11,14-15H2,1-2H3,(H,27,30). The van der Waals surface area contributed by atoms with Gasteiger partial charge >= 0.3 is 6.03 Å². The average molecular weight is 449 g/mol. The van der Waals surface area contributed by atoms with Crippen molar-refractivity contribution in [3.8, 4) is 5.75 Å². The number of piperidine rings is 1. The molecule has 3 amide bonds. The van der Waals surface area contributed by atoms with Gasteiger partial charge in [0, 0.05) is 50.0 Å². The van der Waals surface area contributed by atoms with E-state index < -0.39 is 0 Å². The molecule has 2 fully saturated rings. The number of nitrogens with zero attached hydrogens (tertiary/aromatic N) is 3. The van der Waals surface area contributed by atoms with Gasteiger partial charge in [-0.1, -0.05) is 6.07 Å². The molecule has 1 atom stereocenters. The van der Waals surface area contributed by atoms with Crippen LogP contribution < -0.4 is 15.0 Å². The molecule has 1 aliphatic heterocycles. The normalized spacial score (nSPS) is 18.8. The molecule has 1 aliphatic carbocycles. The summed E-state index contributed by atoms with van der Waals surface area (Å²) < 4.78 is 10.9. The Morgan fingerprint density at radius 1 is 1.27 bits per heavy atom. The Morgan fingerprint density at radius 2 is 2.09 bits per heavy atom. The minimum Gasteiger partial charge on any atom is -0.497 e. The van der Waals surface area contributed by atoms with Crippen LogP contribution in [-0.2, 0) is 0 Å². The Bertz CT molecular complexity index is 1150. The maximum Gasteiger partial charge on any atom is 0.324 e. The van der Waals surface area contributed by atoms with Gasteiger partial charge in [-0.05, 0) is 54.9 Å². The van der Waals surface area contributed by atoms with Crippen molar-refractivity contribution < 1.29 is 18.7 Å². The van der Waals surface area contributed by atoms with Crippen molar-refractivity contribution in [2.75, 3.05) is 38.7 Å². The Kier molecular flexibility index (Phi) is 5.44. The number of fused-ring (bicyclic) bond motifs is 1. The number of aromatic nitrogens is 1. The van der Waals surface area contributed by atoms with Gasteiger partial charge in [-0.25, -0.2) is 4.79 Å². The van der Waals surface area contributed by atoms with Crippen LogP contribution in [0.5, 0.6) is 5.75 Å². The average Bonchev–Trinajstić information content (AvgIpc) is 3.33. The second kappa shape index (κ2) is 8.42. The SMILES string of the molecule is COc1cccc(N(C)C(=O)N2CCC3(CC2)CC3CNC(=O)c2cc3ccncc3o2)c1. The van der Waals surface area contributed by atoms with Crippen LogP contribution in [0.15, 0.2) is 53.2 Å². The van der Waals surface area contributed by atoms with Gasteiger partial charge in [-0.2, -0.15) is 0 Å². The molecule has 0 bridgehead atoms. The van der Waals surface area contributed by atoms with Crippen molar-refractivity contribution in [2.45, 2.75) is 19.3 Å². The Labute approximate surface area is 192 Å². The first-order chi connectivity index (χ1) is 16.0. The molecular weight excluding hydrogens is 420 g/mol. The fourth-order valence-corrected chi connectivity index (χ4v) is 4.92. The molecule has 0 radical (unpaired) electrons. The largest absolute Gasteiger partial charge is 0.497 e. The highest BCUT2D eigenvalue weighted by atomic mass is 16.5. The Balaban J connectivity index is 1.12. The van der Waals surface area contributed by atoms with Gasteiger partial charge in [0.15, 0.2) is 11.3 Å². The number of carbonyl (C=O) groups excluding carboxylic acids is 2. The van der Waals surface area contributed by atoms with Crippen molar-refractivity contribution in [3.63, 3.8) is 0 Å². The molecule has 8 nitrogen and oxygen atoms in total. The molecule has 1 spiro atoms. The Hall–Kier alpha value is -3.55. The second-order valence-electron chi connectivity index (χ2n) is 9.03. The molecule has 1 aromatic carbocycles. The minimum absolute atomic E-state index is 0.00276. The third-order valence-electron chi connectivity index (χ3n) is 7.17. The number of ether oxygens (including phenoxy) is 1. The summed E-state index contributed by atoms with van der Waals surface area (Å²) >= 11 is 0. The van der Waals surface area contributed by atoms with E-state index in [4.69, 9.17) is 9.15 Å². The number of likely N-dealkylation sites (tertiary alicyclic amines) is 1.